The van der Waals surface area contributed by atoms with Crippen molar-refractivity contribution in [2.24, 2.45) is 0 Å². The number of benzene rings is 1. The van der Waals surface area contributed by atoms with E-state index in [0.717, 1.165) is 32.9 Å². The van der Waals surface area contributed by atoms with Crippen molar-refractivity contribution in [3.63, 3.8) is 0 Å². The Kier molecular flexibility index (Phi) is 4.21. The van der Waals surface area contributed by atoms with Gasteiger partial charge in [0.1, 0.15) is 11.4 Å². The van der Waals surface area contributed by atoms with Gasteiger partial charge < -0.3 is 9.52 Å². The number of thiazole rings is 1. The number of aliphatic carboxylic acids is 1. The van der Waals surface area contributed by atoms with E-state index in [9.17, 15) is 4.79 Å². The number of aromatic nitrogens is 5. The van der Waals surface area contributed by atoms with Crippen LogP contribution in [0.1, 0.15) is 23.7 Å². The molecule has 0 fully saturated rings. The van der Waals surface area contributed by atoms with Crippen LogP contribution in [0.4, 0.5) is 0 Å². The highest BCUT2D eigenvalue weighted by atomic mass is 32.1. The SMILES string of the molecule is CCn1cc(-c2ccc3nc(Cc4nnc(CC(=O)O)o4)sc3c2)cn1. The monoisotopic (exact) mass is 369 g/mol. The molecule has 0 bridgehead atoms. The van der Waals surface area contributed by atoms with Gasteiger partial charge in [0.05, 0.1) is 22.8 Å². The highest BCUT2D eigenvalue weighted by molar-refractivity contribution is 7.18. The fourth-order valence-electron chi connectivity index (χ4n) is 2.60. The summed E-state index contributed by atoms with van der Waals surface area (Å²) in [6.07, 6.45) is 3.98. The van der Waals surface area contributed by atoms with E-state index in [2.05, 4.69) is 33.3 Å². The van der Waals surface area contributed by atoms with E-state index >= 15 is 0 Å². The summed E-state index contributed by atoms with van der Waals surface area (Å²) >= 11 is 1.55. The van der Waals surface area contributed by atoms with Gasteiger partial charge in [-0.3, -0.25) is 9.48 Å². The zero-order chi connectivity index (χ0) is 18.1. The molecule has 0 saturated heterocycles. The van der Waals surface area contributed by atoms with Gasteiger partial charge in [-0.2, -0.15) is 5.10 Å². The first-order valence-electron chi connectivity index (χ1n) is 8.06. The molecule has 4 aromatic rings. The molecule has 0 unspecified atom stereocenters. The van der Waals surface area contributed by atoms with Gasteiger partial charge >= 0.3 is 5.97 Å². The van der Waals surface area contributed by atoms with E-state index in [4.69, 9.17) is 9.52 Å². The van der Waals surface area contributed by atoms with Crippen LogP contribution in [-0.2, 0) is 24.2 Å². The number of hydrogen-bond acceptors (Lipinski definition) is 7. The molecule has 0 aliphatic carbocycles. The summed E-state index contributed by atoms with van der Waals surface area (Å²) in [4.78, 5) is 15.3. The van der Waals surface area contributed by atoms with Crippen molar-refractivity contribution >= 4 is 27.5 Å². The summed E-state index contributed by atoms with van der Waals surface area (Å²) in [5, 5.41) is 21.5. The van der Waals surface area contributed by atoms with Crippen LogP contribution < -0.4 is 0 Å². The molecule has 3 heterocycles. The first-order valence-corrected chi connectivity index (χ1v) is 8.87. The molecule has 9 heteroatoms. The second kappa shape index (κ2) is 6.68. The van der Waals surface area contributed by atoms with E-state index in [1.54, 1.807) is 11.3 Å². The number of rotatable bonds is 6. The molecular formula is C17H15N5O3S. The van der Waals surface area contributed by atoms with Gasteiger partial charge in [-0.1, -0.05) is 6.07 Å². The van der Waals surface area contributed by atoms with Crippen molar-refractivity contribution < 1.29 is 14.3 Å². The van der Waals surface area contributed by atoms with Crippen LogP contribution in [0, 0.1) is 0 Å². The standard InChI is InChI=1S/C17H15N5O3S/c1-2-22-9-11(8-18-22)10-3-4-12-13(5-10)26-16(19-12)6-14-20-21-15(25-14)7-17(23)24/h3-5,8-9H,2,6-7H2,1H3,(H,23,24). The number of carboxylic acid groups (broad SMARTS) is 1. The summed E-state index contributed by atoms with van der Waals surface area (Å²) in [6.45, 7) is 2.88. The van der Waals surface area contributed by atoms with E-state index in [0.29, 0.717) is 12.3 Å². The highest BCUT2D eigenvalue weighted by Gasteiger charge is 2.13. The third-order valence-electron chi connectivity index (χ3n) is 3.84. The lowest BCUT2D eigenvalue weighted by atomic mass is 10.1. The maximum absolute atomic E-state index is 10.7. The van der Waals surface area contributed by atoms with Gasteiger partial charge in [0, 0.05) is 18.3 Å². The summed E-state index contributed by atoms with van der Waals surface area (Å²) in [5.74, 6) is -0.535. The largest absolute Gasteiger partial charge is 0.481 e. The highest BCUT2D eigenvalue weighted by Crippen LogP contribution is 2.29. The van der Waals surface area contributed by atoms with E-state index in [1.807, 2.05) is 29.2 Å². The van der Waals surface area contributed by atoms with Gasteiger partial charge in [-0.15, -0.1) is 21.5 Å². The number of fused-ring (bicyclic) bond motifs is 1. The summed E-state index contributed by atoms with van der Waals surface area (Å²) in [5.41, 5.74) is 3.06. The molecule has 4 rings (SSSR count). The Labute approximate surface area is 152 Å². The Morgan fingerprint density at radius 3 is 2.88 bits per heavy atom. The normalized spacial score (nSPS) is 11.3. The number of aryl methyl sites for hydroxylation is 1. The molecule has 1 N–H and O–H groups in total. The molecule has 0 aliphatic heterocycles. The number of carboxylic acids is 1. The molecule has 0 radical (unpaired) electrons. The maximum Gasteiger partial charge on any atom is 0.312 e. The fraction of sp³-hybridized carbons (Fsp3) is 0.235. The molecule has 1 aromatic carbocycles. The number of hydrogen-bond donors (Lipinski definition) is 1. The van der Waals surface area contributed by atoms with E-state index in [-0.39, 0.29) is 12.3 Å². The third kappa shape index (κ3) is 3.33. The summed E-state index contributed by atoms with van der Waals surface area (Å²) < 4.78 is 8.31. The second-order valence-corrected chi connectivity index (χ2v) is 6.83. The molecule has 8 nitrogen and oxygen atoms in total. The molecule has 0 spiro atoms. The van der Waals surface area contributed by atoms with E-state index < -0.39 is 5.97 Å². The predicted octanol–water partition coefficient (Wildman–Crippen LogP) is 2.78. The lowest BCUT2D eigenvalue weighted by Crippen LogP contribution is -1.99. The smallest absolute Gasteiger partial charge is 0.312 e. The minimum Gasteiger partial charge on any atom is -0.481 e. The van der Waals surface area contributed by atoms with Crippen LogP contribution in [0.3, 0.4) is 0 Å². The number of nitrogens with zero attached hydrogens (tertiary/aromatic N) is 5. The van der Waals surface area contributed by atoms with Crippen LogP contribution in [0.2, 0.25) is 0 Å². The van der Waals surface area contributed by atoms with Crippen LogP contribution in [-0.4, -0.2) is 36.0 Å². The Morgan fingerprint density at radius 1 is 1.27 bits per heavy atom. The van der Waals surface area contributed by atoms with Crippen LogP contribution in [0.15, 0.2) is 35.0 Å². The Morgan fingerprint density at radius 2 is 2.12 bits per heavy atom. The van der Waals surface area contributed by atoms with Crippen molar-refractivity contribution in [1.82, 2.24) is 25.0 Å². The average molecular weight is 369 g/mol. The van der Waals surface area contributed by atoms with Gasteiger partial charge in [0.25, 0.3) is 0 Å². The molecule has 0 aliphatic rings. The van der Waals surface area contributed by atoms with Gasteiger partial charge in [0.15, 0.2) is 0 Å². The van der Waals surface area contributed by atoms with Crippen molar-refractivity contribution in [2.75, 3.05) is 0 Å². The number of carbonyl (C=O) groups is 1. The van der Waals surface area contributed by atoms with Gasteiger partial charge in [-0.05, 0) is 24.6 Å². The summed E-state index contributed by atoms with van der Waals surface area (Å²) in [6, 6.07) is 6.11. The summed E-state index contributed by atoms with van der Waals surface area (Å²) in [7, 11) is 0. The lowest BCUT2D eigenvalue weighted by Gasteiger charge is -1.96. The van der Waals surface area contributed by atoms with Crippen molar-refractivity contribution in [3.05, 3.63) is 47.4 Å². The maximum atomic E-state index is 10.7. The Bertz CT molecular complexity index is 1080. The second-order valence-electron chi connectivity index (χ2n) is 5.71. The van der Waals surface area contributed by atoms with Crippen molar-refractivity contribution in [2.45, 2.75) is 26.3 Å². The van der Waals surface area contributed by atoms with Crippen LogP contribution >= 0.6 is 11.3 Å². The zero-order valence-corrected chi connectivity index (χ0v) is 14.7. The minimum absolute atomic E-state index is 0.101. The van der Waals surface area contributed by atoms with Crippen molar-refractivity contribution in [1.29, 1.82) is 0 Å². The molecule has 0 atom stereocenters. The minimum atomic E-state index is -1.00. The average Bonchev–Trinajstić information content (AvgIpc) is 3.32. The quantitative estimate of drug-likeness (QED) is 0.557. The van der Waals surface area contributed by atoms with Gasteiger partial charge in [0.2, 0.25) is 11.8 Å². The first-order chi connectivity index (χ1) is 12.6. The first kappa shape index (κ1) is 16.4. The zero-order valence-electron chi connectivity index (χ0n) is 13.9. The van der Waals surface area contributed by atoms with Gasteiger partial charge in [-0.25, -0.2) is 4.98 Å². The fourth-order valence-corrected chi connectivity index (χ4v) is 3.60. The van der Waals surface area contributed by atoms with Crippen LogP contribution in [0.25, 0.3) is 21.3 Å². The molecule has 0 saturated carbocycles. The topological polar surface area (TPSA) is 107 Å². The van der Waals surface area contributed by atoms with E-state index in [1.165, 1.54) is 0 Å². The molecule has 3 aromatic heterocycles. The molecule has 26 heavy (non-hydrogen) atoms. The molecule has 132 valence electrons. The third-order valence-corrected chi connectivity index (χ3v) is 4.86. The lowest BCUT2D eigenvalue weighted by molar-refractivity contribution is -0.136. The van der Waals surface area contributed by atoms with Crippen LogP contribution in [0.5, 0.6) is 0 Å². The Hall–Kier alpha value is -3.07. The van der Waals surface area contributed by atoms with Crippen molar-refractivity contribution in [3.8, 4) is 11.1 Å². The predicted molar refractivity (Wildman–Crippen MR) is 95.0 cm³/mol. The molecular weight excluding hydrogens is 354 g/mol. The Balaban J connectivity index is 1.57. The molecule has 0 amide bonds.